The van der Waals surface area contributed by atoms with Gasteiger partial charge in [0.1, 0.15) is 19.8 Å². The van der Waals surface area contributed by atoms with Crippen molar-refractivity contribution in [3.8, 4) is 28.7 Å². The molecule has 0 bridgehead atoms. The quantitative estimate of drug-likeness (QED) is 0.0816. The number of hydrogen-bond acceptors (Lipinski definition) is 7. The Morgan fingerprint density at radius 1 is 0.612 bits per heavy atom. The molecule has 1 amide bonds. The van der Waals surface area contributed by atoms with E-state index in [0.717, 1.165) is 16.7 Å². The van der Waals surface area contributed by atoms with Crippen LogP contribution in [-0.4, -0.2) is 25.3 Å². The molecule has 0 saturated heterocycles. The fraction of sp³-hybridized carbons (Fsp3) is 0.179. The number of ether oxygens (including phenoxy) is 5. The van der Waals surface area contributed by atoms with Gasteiger partial charge in [-0.05, 0) is 78.6 Å². The molecule has 8 nitrogen and oxygen atoms in total. The minimum atomic E-state index is -0.424. The molecule has 0 aromatic heterocycles. The summed E-state index contributed by atoms with van der Waals surface area (Å²) in [5, 5.41) is 4.67. The predicted octanol–water partition coefficient (Wildman–Crippen LogP) is 9.29. The lowest BCUT2D eigenvalue weighted by molar-refractivity contribution is 0.0954. The Kier molecular flexibility index (Phi) is 12.8. The molecular weight excluding hydrogens is 663 g/mol. The van der Waals surface area contributed by atoms with Gasteiger partial charge in [-0.1, -0.05) is 89.9 Å². The zero-order valence-corrected chi connectivity index (χ0v) is 28.7. The summed E-state index contributed by atoms with van der Waals surface area (Å²) in [5.41, 5.74) is 6.38. The zero-order valence-electron chi connectivity index (χ0n) is 27.2. The lowest BCUT2D eigenvalue weighted by atomic mass is 10.2. The lowest BCUT2D eigenvalue weighted by Gasteiger charge is -2.15. The number of rotatable bonds is 16. The summed E-state index contributed by atoms with van der Waals surface area (Å²) in [6.45, 7) is 5.67. The molecule has 0 spiro atoms. The molecule has 0 radical (unpaired) electrons. The van der Waals surface area contributed by atoms with Crippen LogP contribution < -0.4 is 29.1 Å². The average molecular weight is 700 g/mol. The summed E-state index contributed by atoms with van der Waals surface area (Å²) >= 11 is 13.1. The molecule has 0 aliphatic carbocycles. The van der Waals surface area contributed by atoms with Crippen LogP contribution in [0.1, 0.15) is 46.5 Å². The highest BCUT2D eigenvalue weighted by molar-refractivity contribution is 6.37. The minimum absolute atomic E-state index is 0.196. The molecule has 0 unspecified atom stereocenters. The first-order chi connectivity index (χ1) is 23.9. The van der Waals surface area contributed by atoms with Crippen molar-refractivity contribution in [1.29, 1.82) is 0 Å². The third kappa shape index (κ3) is 10.2. The molecule has 1 N–H and O–H groups in total. The number of benzene rings is 5. The van der Waals surface area contributed by atoms with Crippen molar-refractivity contribution in [3.63, 3.8) is 0 Å². The van der Waals surface area contributed by atoms with Gasteiger partial charge < -0.3 is 23.7 Å². The smallest absolute Gasteiger partial charge is 0.271 e. The second-order valence-corrected chi connectivity index (χ2v) is 11.5. The Hall–Kier alpha value is -5.18. The molecule has 5 aromatic carbocycles. The number of carbonyl (C=O) groups excluding carboxylic acids is 1. The van der Waals surface area contributed by atoms with Gasteiger partial charge in [-0.15, -0.1) is 0 Å². The number of hydrazone groups is 1. The maximum Gasteiger partial charge on any atom is 0.271 e. The third-order valence-electron chi connectivity index (χ3n) is 7.07. The first-order valence-corrected chi connectivity index (χ1v) is 16.5. The lowest BCUT2D eigenvalue weighted by Crippen LogP contribution is -2.17. The van der Waals surface area contributed by atoms with E-state index in [2.05, 4.69) is 10.5 Å². The van der Waals surface area contributed by atoms with Gasteiger partial charge in [0, 0.05) is 5.56 Å². The molecule has 0 saturated carbocycles. The third-order valence-corrected chi connectivity index (χ3v) is 7.63. The molecule has 5 rings (SSSR count). The normalized spacial score (nSPS) is 10.9. The standard InChI is InChI=1S/C39H36Cl2N2O6/c1-3-45-36-21-29(15-17-34(36)47-24-27-11-7-5-8-12-27)26-49-38-32(40)19-30(20-33(38)41)23-42-43-39(44)31-16-18-35(37(22-31)46-4-2)48-25-28-13-9-6-10-14-28/h5-23H,3-4,24-26H2,1-2H3,(H,43,44)/b42-23+. The van der Waals surface area contributed by atoms with E-state index >= 15 is 0 Å². The fourth-order valence-corrected chi connectivity index (χ4v) is 5.33. The van der Waals surface area contributed by atoms with Crippen LogP contribution in [-0.2, 0) is 19.8 Å². The van der Waals surface area contributed by atoms with Crippen LogP contribution >= 0.6 is 23.2 Å². The van der Waals surface area contributed by atoms with Crippen LogP contribution in [0.3, 0.4) is 0 Å². The van der Waals surface area contributed by atoms with Crippen molar-refractivity contribution < 1.29 is 28.5 Å². The maximum atomic E-state index is 12.9. The first-order valence-electron chi connectivity index (χ1n) is 15.7. The summed E-state index contributed by atoms with van der Waals surface area (Å²) in [7, 11) is 0. The largest absolute Gasteiger partial charge is 0.490 e. The SMILES string of the molecule is CCOc1cc(COc2c(Cl)cc(/C=N/NC(=O)c3ccc(OCc4ccccc4)c(OCC)c3)cc2Cl)ccc1OCc1ccccc1. The Labute approximate surface area is 296 Å². The molecule has 0 fully saturated rings. The molecule has 0 atom stereocenters. The van der Waals surface area contributed by atoms with Gasteiger partial charge >= 0.3 is 0 Å². The van der Waals surface area contributed by atoms with Crippen molar-refractivity contribution in [2.24, 2.45) is 5.10 Å². The number of nitrogens with one attached hydrogen (secondary N) is 1. The van der Waals surface area contributed by atoms with Gasteiger partial charge in [-0.25, -0.2) is 5.43 Å². The highest BCUT2D eigenvalue weighted by atomic mass is 35.5. The van der Waals surface area contributed by atoms with Gasteiger partial charge in [0.2, 0.25) is 0 Å². The van der Waals surface area contributed by atoms with Crippen LogP contribution in [0.2, 0.25) is 10.0 Å². The van der Waals surface area contributed by atoms with E-state index in [4.69, 9.17) is 46.9 Å². The average Bonchev–Trinajstić information content (AvgIpc) is 3.11. The number of amides is 1. The first kappa shape index (κ1) is 35.1. The Bertz CT molecular complexity index is 1850. The van der Waals surface area contributed by atoms with E-state index < -0.39 is 5.91 Å². The summed E-state index contributed by atoms with van der Waals surface area (Å²) in [5.74, 6) is 2.16. The highest BCUT2D eigenvalue weighted by Crippen LogP contribution is 2.36. The Balaban J connectivity index is 1.18. The zero-order chi connectivity index (χ0) is 34.4. The van der Waals surface area contributed by atoms with E-state index in [1.807, 2.05) is 92.7 Å². The van der Waals surface area contributed by atoms with Crippen LogP contribution in [0, 0.1) is 0 Å². The van der Waals surface area contributed by atoms with Crippen LogP contribution in [0.15, 0.2) is 114 Å². The summed E-state index contributed by atoms with van der Waals surface area (Å²) in [4.78, 5) is 12.9. The van der Waals surface area contributed by atoms with Crippen LogP contribution in [0.5, 0.6) is 28.7 Å². The van der Waals surface area contributed by atoms with Crippen LogP contribution in [0.25, 0.3) is 0 Å². The molecule has 0 aliphatic heterocycles. The number of nitrogens with zero attached hydrogens (tertiary/aromatic N) is 1. The fourth-order valence-electron chi connectivity index (χ4n) is 4.71. The topological polar surface area (TPSA) is 87.6 Å². The molecule has 252 valence electrons. The summed E-state index contributed by atoms with van der Waals surface area (Å²) in [6.07, 6.45) is 1.45. The van der Waals surface area contributed by atoms with Gasteiger partial charge in [0.05, 0.1) is 29.5 Å². The number of hydrogen-bond donors (Lipinski definition) is 1. The molecule has 5 aromatic rings. The van der Waals surface area contributed by atoms with E-state index in [9.17, 15) is 4.79 Å². The van der Waals surface area contributed by atoms with Crippen molar-refractivity contribution in [3.05, 3.63) is 147 Å². The van der Waals surface area contributed by atoms with Crippen LogP contribution in [0.4, 0.5) is 0 Å². The van der Waals surface area contributed by atoms with E-state index in [0.29, 0.717) is 76.3 Å². The van der Waals surface area contributed by atoms with E-state index in [1.54, 1.807) is 30.3 Å². The predicted molar refractivity (Wildman–Crippen MR) is 193 cm³/mol. The molecular formula is C39H36Cl2N2O6. The highest BCUT2D eigenvalue weighted by Gasteiger charge is 2.14. The molecule has 0 heterocycles. The van der Waals surface area contributed by atoms with E-state index in [1.165, 1.54) is 6.21 Å². The van der Waals surface area contributed by atoms with E-state index in [-0.39, 0.29) is 6.61 Å². The van der Waals surface area contributed by atoms with Crippen molar-refractivity contribution in [2.75, 3.05) is 13.2 Å². The van der Waals surface area contributed by atoms with Crippen molar-refractivity contribution >= 4 is 35.3 Å². The van der Waals surface area contributed by atoms with Gasteiger partial charge in [0.25, 0.3) is 5.91 Å². The van der Waals surface area contributed by atoms with Crippen molar-refractivity contribution in [1.82, 2.24) is 5.43 Å². The summed E-state index contributed by atoms with van der Waals surface area (Å²) < 4.78 is 29.5. The number of halogens is 2. The molecule has 49 heavy (non-hydrogen) atoms. The van der Waals surface area contributed by atoms with Gasteiger partial charge in [0.15, 0.2) is 28.7 Å². The number of carbonyl (C=O) groups is 1. The van der Waals surface area contributed by atoms with Crippen molar-refractivity contribution in [2.45, 2.75) is 33.7 Å². The summed E-state index contributed by atoms with van der Waals surface area (Å²) in [6, 6.07) is 33.6. The minimum Gasteiger partial charge on any atom is -0.490 e. The Morgan fingerprint density at radius 3 is 1.71 bits per heavy atom. The monoisotopic (exact) mass is 698 g/mol. The molecule has 10 heteroatoms. The second kappa shape index (κ2) is 17.8. The second-order valence-electron chi connectivity index (χ2n) is 10.7. The van der Waals surface area contributed by atoms with Gasteiger partial charge in [-0.2, -0.15) is 5.10 Å². The maximum absolute atomic E-state index is 12.9. The Morgan fingerprint density at radius 2 is 1.14 bits per heavy atom. The van der Waals surface area contributed by atoms with Gasteiger partial charge in [-0.3, -0.25) is 4.79 Å². The molecule has 0 aliphatic rings.